The first-order chi connectivity index (χ1) is 22.6. The van der Waals surface area contributed by atoms with Crippen LogP contribution in [0.5, 0.6) is 11.5 Å². The maximum atomic E-state index is 14.7. The number of benzene rings is 2. The summed E-state index contributed by atoms with van der Waals surface area (Å²) in [5, 5.41) is 19.5. The molecule has 2 N–H and O–H groups in total. The van der Waals surface area contributed by atoms with E-state index in [1.165, 1.54) is 17.8 Å². The molecule has 1 atom stereocenters. The van der Waals surface area contributed by atoms with Gasteiger partial charge >= 0.3 is 12.5 Å². The number of hydrogen-bond donors (Lipinski definition) is 2. The molecular weight excluding hydrogens is 664 g/mol. The van der Waals surface area contributed by atoms with Gasteiger partial charge in [0.15, 0.2) is 11.5 Å². The second-order valence-corrected chi connectivity index (χ2v) is 10.1. The number of carbonyl (C=O) groups excluding carboxylic acids is 2. The molecule has 2 aromatic carbocycles. The van der Waals surface area contributed by atoms with Gasteiger partial charge in [0.2, 0.25) is 5.91 Å². The lowest BCUT2D eigenvalue weighted by Crippen LogP contribution is -2.25. The van der Waals surface area contributed by atoms with Crippen molar-refractivity contribution in [1.82, 2.24) is 35.3 Å². The standard InChI is InChI=1S/C28H26F8N8O4/c1-2-27(32,33)47-19-3-6-22(31)17(10-19)12-37-26(46)23-14-44(41-39-23)13-18(29)7-8-43-15-24(40-42-43)38-25(45)11-16-9-20(4-5-21(16)30)48-28(34,35)36/h3-6,9-10,14-15,18H,2,7-8,11-13H2,1H3,(H,37,46)(H,38,45). The van der Waals surface area contributed by atoms with E-state index in [-0.39, 0.29) is 54.4 Å². The number of alkyl halides is 6. The zero-order valence-electron chi connectivity index (χ0n) is 24.8. The lowest BCUT2D eigenvalue weighted by atomic mass is 10.1. The highest BCUT2D eigenvalue weighted by molar-refractivity contribution is 5.92. The van der Waals surface area contributed by atoms with E-state index in [1.54, 1.807) is 0 Å². The Hall–Kier alpha value is -5.30. The number of ether oxygens (including phenoxy) is 2. The maximum absolute atomic E-state index is 14.7. The van der Waals surface area contributed by atoms with Crippen molar-refractivity contribution < 1.29 is 54.2 Å². The Bertz CT molecular complexity index is 1730. The fourth-order valence-electron chi connectivity index (χ4n) is 4.03. The number of anilines is 1. The Kier molecular flexibility index (Phi) is 11.2. The molecule has 2 amide bonds. The zero-order valence-corrected chi connectivity index (χ0v) is 24.8. The van der Waals surface area contributed by atoms with Gasteiger partial charge in [0, 0.05) is 37.1 Å². The molecule has 0 radical (unpaired) electrons. The number of carbonyl (C=O) groups is 2. The van der Waals surface area contributed by atoms with E-state index < -0.39 is 60.7 Å². The molecule has 0 fully saturated rings. The highest BCUT2D eigenvalue weighted by atomic mass is 19.4. The van der Waals surface area contributed by atoms with Crippen LogP contribution >= 0.6 is 0 Å². The molecule has 0 spiro atoms. The quantitative estimate of drug-likeness (QED) is 0.167. The first-order valence-corrected chi connectivity index (χ1v) is 14.0. The van der Waals surface area contributed by atoms with Crippen LogP contribution in [-0.4, -0.2) is 60.4 Å². The molecule has 2 heterocycles. The SMILES string of the molecule is CCC(F)(F)Oc1ccc(F)c(CNC(=O)c2cn(CC(F)CCn3cc(NC(=O)Cc4cc(OC(F)(F)F)ccc4F)nn3)nn2)c1. The molecule has 20 heteroatoms. The van der Waals surface area contributed by atoms with Gasteiger partial charge in [0.25, 0.3) is 5.91 Å². The molecule has 48 heavy (non-hydrogen) atoms. The van der Waals surface area contributed by atoms with Gasteiger partial charge in [-0.05, 0) is 36.4 Å². The normalized spacial score (nSPS) is 12.4. The number of rotatable bonds is 15. The number of amides is 2. The molecule has 0 aliphatic carbocycles. The van der Waals surface area contributed by atoms with Crippen LogP contribution in [0.4, 0.5) is 40.9 Å². The minimum absolute atomic E-state index is 0.0178. The summed E-state index contributed by atoms with van der Waals surface area (Å²) in [6.45, 7) is 0.486. The van der Waals surface area contributed by atoms with Crippen LogP contribution in [0.3, 0.4) is 0 Å². The van der Waals surface area contributed by atoms with Gasteiger partial charge in [-0.1, -0.05) is 17.4 Å². The number of nitrogens with one attached hydrogen (secondary N) is 2. The van der Waals surface area contributed by atoms with Gasteiger partial charge in [-0.3, -0.25) is 14.3 Å². The monoisotopic (exact) mass is 690 g/mol. The molecule has 258 valence electrons. The van der Waals surface area contributed by atoms with Gasteiger partial charge in [0.1, 0.15) is 29.3 Å². The summed E-state index contributed by atoms with van der Waals surface area (Å²) in [6.07, 6.45) is -8.94. The van der Waals surface area contributed by atoms with Crippen LogP contribution in [0.25, 0.3) is 0 Å². The fraction of sp³-hybridized carbons (Fsp3) is 0.357. The van der Waals surface area contributed by atoms with Crippen LogP contribution in [-0.2, 0) is 30.8 Å². The lowest BCUT2D eigenvalue weighted by molar-refractivity contribution is -0.274. The van der Waals surface area contributed by atoms with E-state index >= 15 is 0 Å². The van der Waals surface area contributed by atoms with Crippen LogP contribution in [0, 0.1) is 11.6 Å². The second kappa shape index (κ2) is 15.1. The Morgan fingerprint density at radius 2 is 1.54 bits per heavy atom. The molecule has 4 aromatic rings. The van der Waals surface area contributed by atoms with E-state index in [9.17, 15) is 44.7 Å². The van der Waals surface area contributed by atoms with Gasteiger partial charge in [-0.25, -0.2) is 17.9 Å². The summed E-state index contributed by atoms with van der Waals surface area (Å²) >= 11 is 0. The minimum Gasteiger partial charge on any atom is -0.433 e. The Morgan fingerprint density at radius 3 is 2.23 bits per heavy atom. The van der Waals surface area contributed by atoms with Gasteiger partial charge in [-0.2, -0.15) is 8.78 Å². The maximum Gasteiger partial charge on any atom is 0.573 e. The van der Waals surface area contributed by atoms with Crippen LogP contribution in [0.2, 0.25) is 0 Å². The Labute approximate surface area is 266 Å². The predicted molar refractivity (Wildman–Crippen MR) is 148 cm³/mol. The predicted octanol–water partition coefficient (Wildman–Crippen LogP) is 4.97. The summed E-state index contributed by atoms with van der Waals surface area (Å²) < 4.78 is 118. The van der Waals surface area contributed by atoms with Crippen molar-refractivity contribution >= 4 is 17.6 Å². The fourth-order valence-corrected chi connectivity index (χ4v) is 4.03. The van der Waals surface area contributed by atoms with Crippen LogP contribution < -0.4 is 20.1 Å². The smallest absolute Gasteiger partial charge is 0.433 e. The molecule has 1 unspecified atom stereocenters. The highest BCUT2D eigenvalue weighted by Crippen LogP contribution is 2.27. The third-order valence-electron chi connectivity index (χ3n) is 6.37. The third kappa shape index (κ3) is 10.6. The zero-order chi connectivity index (χ0) is 35.1. The van der Waals surface area contributed by atoms with Crippen molar-refractivity contribution in [2.24, 2.45) is 0 Å². The van der Waals surface area contributed by atoms with Gasteiger partial charge < -0.3 is 20.1 Å². The van der Waals surface area contributed by atoms with Crippen molar-refractivity contribution in [3.63, 3.8) is 0 Å². The molecule has 0 bridgehead atoms. The molecular formula is C28H26F8N8O4. The molecule has 0 aliphatic heterocycles. The van der Waals surface area contributed by atoms with Crippen molar-refractivity contribution in [1.29, 1.82) is 0 Å². The van der Waals surface area contributed by atoms with Crippen molar-refractivity contribution in [3.05, 3.63) is 77.2 Å². The molecule has 12 nitrogen and oxygen atoms in total. The average Bonchev–Trinajstić information content (AvgIpc) is 3.66. The topological polar surface area (TPSA) is 138 Å². The molecule has 0 saturated heterocycles. The van der Waals surface area contributed by atoms with Gasteiger partial charge in [-0.15, -0.1) is 23.4 Å². The molecule has 4 rings (SSSR count). The minimum atomic E-state index is -5.00. The summed E-state index contributed by atoms with van der Waals surface area (Å²) in [5.74, 6) is -4.37. The molecule has 0 saturated carbocycles. The van der Waals surface area contributed by atoms with E-state index in [1.807, 2.05) is 0 Å². The number of halogens is 8. The first-order valence-electron chi connectivity index (χ1n) is 14.0. The summed E-state index contributed by atoms with van der Waals surface area (Å²) in [4.78, 5) is 24.7. The molecule has 2 aromatic heterocycles. The Balaban J connectivity index is 1.22. The largest absolute Gasteiger partial charge is 0.573 e. The lowest BCUT2D eigenvalue weighted by Gasteiger charge is -2.17. The number of aromatic nitrogens is 6. The average molecular weight is 691 g/mol. The van der Waals surface area contributed by atoms with Crippen molar-refractivity contribution in [2.45, 2.75) is 64.5 Å². The van der Waals surface area contributed by atoms with E-state index in [2.05, 4.69) is 40.7 Å². The summed E-state index contributed by atoms with van der Waals surface area (Å²) in [5.41, 5.74) is -0.705. The highest BCUT2D eigenvalue weighted by Gasteiger charge is 2.31. The van der Waals surface area contributed by atoms with E-state index in [0.29, 0.717) is 0 Å². The van der Waals surface area contributed by atoms with Crippen molar-refractivity contribution in [2.75, 3.05) is 5.32 Å². The third-order valence-corrected chi connectivity index (χ3v) is 6.37. The molecule has 0 aliphatic rings. The Morgan fingerprint density at radius 1 is 0.896 bits per heavy atom. The van der Waals surface area contributed by atoms with Crippen LogP contribution in [0.1, 0.15) is 41.4 Å². The van der Waals surface area contributed by atoms with Crippen molar-refractivity contribution in [3.8, 4) is 11.5 Å². The number of aryl methyl sites for hydroxylation is 1. The first kappa shape index (κ1) is 35.6. The number of nitrogens with zero attached hydrogens (tertiary/aromatic N) is 6. The summed E-state index contributed by atoms with van der Waals surface area (Å²) in [6, 6.07) is 5.20. The van der Waals surface area contributed by atoms with E-state index in [0.717, 1.165) is 47.3 Å². The number of hydrogen-bond acceptors (Lipinski definition) is 8. The van der Waals surface area contributed by atoms with Gasteiger partial charge in [0.05, 0.1) is 25.4 Å². The van der Waals surface area contributed by atoms with E-state index in [4.69, 9.17) is 0 Å². The second-order valence-electron chi connectivity index (χ2n) is 10.1. The van der Waals surface area contributed by atoms with Crippen LogP contribution in [0.15, 0.2) is 48.8 Å². The summed E-state index contributed by atoms with van der Waals surface area (Å²) in [7, 11) is 0.